The van der Waals surface area contributed by atoms with Crippen LogP contribution in [0.5, 0.6) is 0 Å². The molecule has 0 spiro atoms. The Balaban J connectivity index is 1.56. The Kier molecular flexibility index (Phi) is 4.53. The standard InChI is InChI=1S/C15H25N5O/c16-14-5-1-4-13(7-14)15(21)19-6-2-3-12(8-19)9-20-11-17-10-18-20/h10-14H,1-9,16H2. The van der Waals surface area contributed by atoms with Gasteiger partial charge in [-0.15, -0.1) is 0 Å². The summed E-state index contributed by atoms with van der Waals surface area (Å²) in [5.74, 6) is 0.967. The number of nitrogens with zero attached hydrogens (tertiary/aromatic N) is 4. The first kappa shape index (κ1) is 14.5. The highest BCUT2D eigenvalue weighted by atomic mass is 16.2. The third-order valence-electron chi connectivity index (χ3n) is 4.81. The van der Waals surface area contributed by atoms with Crippen LogP contribution in [-0.4, -0.2) is 44.7 Å². The molecule has 21 heavy (non-hydrogen) atoms. The number of nitrogens with two attached hydrogens (primary N) is 1. The lowest BCUT2D eigenvalue weighted by Gasteiger charge is -2.36. The molecule has 2 aliphatic rings. The second-order valence-corrected chi connectivity index (χ2v) is 6.53. The van der Waals surface area contributed by atoms with E-state index >= 15 is 0 Å². The van der Waals surface area contributed by atoms with Gasteiger partial charge in [-0.3, -0.25) is 9.48 Å². The average Bonchev–Trinajstić information content (AvgIpc) is 3.00. The van der Waals surface area contributed by atoms with Crippen molar-refractivity contribution in [3.05, 3.63) is 12.7 Å². The van der Waals surface area contributed by atoms with Crippen LogP contribution in [0.3, 0.4) is 0 Å². The highest BCUT2D eigenvalue weighted by Crippen LogP contribution is 2.27. The molecule has 2 N–H and O–H groups in total. The Labute approximate surface area is 125 Å². The summed E-state index contributed by atoms with van der Waals surface area (Å²) in [6.07, 6.45) is 9.60. The molecule has 3 atom stereocenters. The minimum Gasteiger partial charge on any atom is -0.342 e. The summed E-state index contributed by atoms with van der Waals surface area (Å²) in [4.78, 5) is 18.7. The molecule has 0 bridgehead atoms. The number of aromatic nitrogens is 3. The molecule has 1 saturated carbocycles. The third kappa shape index (κ3) is 3.61. The molecule has 6 heteroatoms. The van der Waals surface area contributed by atoms with Gasteiger partial charge in [0.2, 0.25) is 5.91 Å². The number of amides is 1. The van der Waals surface area contributed by atoms with E-state index in [-0.39, 0.29) is 12.0 Å². The predicted octanol–water partition coefficient (Wildman–Crippen LogP) is 1.03. The minimum absolute atomic E-state index is 0.152. The van der Waals surface area contributed by atoms with Crippen molar-refractivity contribution < 1.29 is 4.79 Å². The topological polar surface area (TPSA) is 77.0 Å². The molecule has 1 aliphatic heterocycles. The number of hydrogen-bond donors (Lipinski definition) is 1. The number of rotatable bonds is 3. The highest BCUT2D eigenvalue weighted by molar-refractivity contribution is 5.79. The molecule has 3 rings (SSSR count). The van der Waals surface area contributed by atoms with E-state index in [1.54, 1.807) is 12.7 Å². The summed E-state index contributed by atoms with van der Waals surface area (Å²) in [6.45, 7) is 2.61. The van der Waals surface area contributed by atoms with E-state index in [0.29, 0.717) is 11.8 Å². The van der Waals surface area contributed by atoms with Crippen molar-refractivity contribution in [1.29, 1.82) is 0 Å². The molecule has 0 aromatic carbocycles. The smallest absolute Gasteiger partial charge is 0.225 e. The van der Waals surface area contributed by atoms with Crippen LogP contribution in [0, 0.1) is 11.8 Å². The maximum absolute atomic E-state index is 12.7. The van der Waals surface area contributed by atoms with Crippen LogP contribution in [0.2, 0.25) is 0 Å². The normalized spacial score (nSPS) is 30.3. The second kappa shape index (κ2) is 6.56. The van der Waals surface area contributed by atoms with E-state index < -0.39 is 0 Å². The van der Waals surface area contributed by atoms with Gasteiger partial charge in [0.05, 0.1) is 0 Å². The van der Waals surface area contributed by atoms with Gasteiger partial charge in [0.15, 0.2) is 0 Å². The van der Waals surface area contributed by atoms with Gasteiger partial charge in [0, 0.05) is 31.6 Å². The van der Waals surface area contributed by atoms with Crippen molar-refractivity contribution in [2.75, 3.05) is 13.1 Å². The predicted molar refractivity (Wildman–Crippen MR) is 79.3 cm³/mol. The monoisotopic (exact) mass is 291 g/mol. The Morgan fingerprint density at radius 2 is 2.19 bits per heavy atom. The zero-order valence-electron chi connectivity index (χ0n) is 12.5. The summed E-state index contributed by atoms with van der Waals surface area (Å²) in [5, 5.41) is 4.17. The van der Waals surface area contributed by atoms with E-state index in [4.69, 9.17) is 5.73 Å². The van der Waals surface area contributed by atoms with E-state index in [9.17, 15) is 4.79 Å². The Bertz CT molecular complexity index is 461. The van der Waals surface area contributed by atoms with Crippen molar-refractivity contribution in [2.45, 2.75) is 51.1 Å². The lowest BCUT2D eigenvalue weighted by molar-refractivity contribution is -0.138. The molecule has 6 nitrogen and oxygen atoms in total. The maximum atomic E-state index is 12.7. The highest BCUT2D eigenvalue weighted by Gasteiger charge is 2.31. The van der Waals surface area contributed by atoms with Gasteiger partial charge in [-0.05, 0) is 38.0 Å². The minimum atomic E-state index is 0.152. The number of piperidine rings is 1. The summed E-state index contributed by atoms with van der Waals surface area (Å²) < 4.78 is 1.87. The summed E-state index contributed by atoms with van der Waals surface area (Å²) in [5.41, 5.74) is 6.02. The zero-order valence-corrected chi connectivity index (χ0v) is 12.5. The molecule has 1 aromatic rings. The zero-order chi connectivity index (χ0) is 14.7. The second-order valence-electron chi connectivity index (χ2n) is 6.53. The average molecular weight is 291 g/mol. The van der Waals surface area contributed by atoms with Gasteiger partial charge in [-0.1, -0.05) is 6.42 Å². The molecule has 2 heterocycles. The third-order valence-corrected chi connectivity index (χ3v) is 4.81. The fourth-order valence-electron chi connectivity index (χ4n) is 3.72. The van der Waals surface area contributed by atoms with E-state index in [1.807, 2.05) is 4.68 Å². The Hall–Kier alpha value is -1.43. The van der Waals surface area contributed by atoms with E-state index in [0.717, 1.165) is 58.2 Å². The van der Waals surface area contributed by atoms with Crippen molar-refractivity contribution in [3.8, 4) is 0 Å². The van der Waals surface area contributed by atoms with Gasteiger partial charge >= 0.3 is 0 Å². The lowest BCUT2D eigenvalue weighted by Crippen LogP contribution is -2.46. The molecule has 1 amide bonds. The fourth-order valence-corrected chi connectivity index (χ4v) is 3.72. The molecule has 1 aromatic heterocycles. The van der Waals surface area contributed by atoms with Crippen molar-refractivity contribution >= 4 is 5.91 Å². The first-order chi connectivity index (χ1) is 10.2. The summed E-state index contributed by atoms with van der Waals surface area (Å²) in [6, 6.07) is 0.212. The lowest BCUT2D eigenvalue weighted by atomic mass is 9.84. The van der Waals surface area contributed by atoms with Crippen molar-refractivity contribution in [1.82, 2.24) is 19.7 Å². The largest absolute Gasteiger partial charge is 0.342 e. The number of likely N-dealkylation sites (tertiary alicyclic amines) is 1. The maximum Gasteiger partial charge on any atom is 0.225 e. The number of carbonyl (C=O) groups is 1. The first-order valence-electron chi connectivity index (χ1n) is 8.09. The molecule has 116 valence electrons. The van der Waals surface area contributed by atoms with Gasteiger partial charge in [-0.2, -0.15) is 5.10 Å². The Morgan fingerprint density at radius 3 is 2.95 bits per heavy atom. The molecule has 3 unspecified atom stereocenters. The summed E-state index contributed by atoms with van der Waals surface area (Å²) >= 11 is 0. The van der Waals surface area contributed by atoms with Crippen LogP contribution >= 0.6 is 0 Å². The first-order valence-corrected chi connectivity index (χ1v) is 8.09. The van der Waals surface area contributed by atoms with Gasteiger partial charge < -0.3 is 10.6 Å². The van der Waals surface area contributed by atoms with Crippen LogP contribution < -0.4 is 5.73 Å². The van der Waals surface area contributed by atoms with Crippen molar-refractivity contribution in [3.63, 3.8) is 0 Å². The fraction of sp³-hybridized carbons (Fsp3) is 0.800. The van der Waals surface area contributed by atoms with Gasteiger partial charge in [0.1, 0.15) is 12.7 Å². The number of carbonyl (C=O) groups excluding carboxylic acids is 1. The van der Waals surface area contributed by atoms with E-state index in [2.05, 4.69) is 15.0 Å². The van der Waals surface area contributed by atoms with E-state index in [1.165, 1.54) is 0 Å². The summed E-state index contributed by atoms with van der Waals surface area (Å²) in [7, 11) is 0. The van der Waals surface area contributed by atoms with Crippen LogP contribution in [0.25, 0.3) is 0 Å². The Morgan fingerprint density at radius 1 is 1.29 bits per heavy atom. The molecular formula is C15H25N5O. The molecule has 1 saturated heterocycles. The molecule has 2 fully saturated rings. The quantitative estimate of drug-likeness (QED) is 0.902. The van der Waals surface area contributed by atoms with Gasteiger partial charge in [0.25, 0.3) is 0 Å². The number of hydrogen-bond acceptors (Lipinski definition) is 4. The molecular weight excluding hydrogens is 266 g/mol. The SMILES string of the molecule is NC1CCCC(C(=O)N2CCCC(Cn3cncn3)C2)C1. The van der Waals surface area contributed by atoms with Crippen molar-refractivity contribution in [2.24, 2.45) is 17.6 Å². The van der Waals surface area contributed by atoms with Gasteiger partial charge in [-0.25, -0.2) is 4.98 Å². The van der Waals surface area contributed by atoms with Crippen LogP contribution in [0.1, 0.15) is 38.5 Å². The molecule has 1 aliphatic carbocycles. The van der Waals surface area contributed by atoms with Crippen LogP contribution in [-0.2, 0) is 11.3 Å². The van der Waals surface area contributed by atoms with Crippen LogP contribution in [0.4, 0.5) is 0 Å². The van der Waals surface area contributed by atoms with Crippen LogP contribution in [0.15, 0.2) is 12.7 Å². The molecule has 0 radical (unpaired) electrons.